The third kappa shape index (κ3) is 4.61. The lowest BCUT2D eigenvalue weighted by atomic mass is 9.94. The number of anilines is 1. The number of nitrogens with two attached hydrogens (primary N) is 1. The highest BCUT2D eigenvalue weighted by Gasteiger charge is 2.29. The van der Waals surface area contributed by atoms with Crippen molar-refractivity contribution >= 4 is 23.4 Å². The molecule has 1 aliphatic heterocycles. The van der Waals surface area contributed by atoms with E-state index in [4.69, 9.17) is 26.9 Å². The van der Waals surface area contributed by atoms with Gasteiger partial charge in [-0.05, 0) is 68.0 Å². The first-order chi connectivity index (χ1) is 15.3. The number of hydrogen-bond acceptors (Lipinski definition) is 6. The maximum atomic E-state index is 13.4. The molecule has 2 N–H and O–H groups in total. The summed E-state index contributed by atoms with van der Waals surface area (Å²) >= 11 is 6.04. The van der Waals surface area contributed by atoms with E-state index in [9.17, 15) is 9.59 Å². The summed E-state index contributed by atoms with van der Waals surface area (Å²) in [4.78, 5) is 25.6. The van der Waals surface area contributed by atoms with Crippen LogP contribution in [0.15, 0.2) is 40.8 Å². The van der Waals surface area contributed by atoms with Crippen LogP contribution < -0.4 is 21.1 Å². The number of ether oxygens (including phenoxy) is 2. The fourth-order valence-electron chi connectivity index (χ4n) is 3.97. The highest BCUT2D eigenvalue weighted by molar-refractivity contribution is 6.31. The molecule has 3 rings (SSSR count). The Morgan fingerprint density at radius 2 is 1.94 bits per heavy atom. The summed E-state index contributed by atoms with van der Waals surface area (Å²) < 4.78 is 13.9. The van der Waals surface area contributed by atoms with Crippen LogP contribution >= 0.6 is 11.6 Å². The smallest absolute Gasteiger partial charge is 0.434 e. The van der Waals surface area contributed by atoms with E-state index in [1.807, 2.05) is 26.0 Å². The molecule has 1 aromatic carbocycles. The molecule has 0 atom stereocenters. The molecule has 0 bridgehead atoms. The van der Waals surface area contributed by atoms with Crippen molar-refractivity contribution < 1.29 is 14.3 Å². The van der Waals surface area contributed by atoms with Gasteiger partial charge in [-0.3, -0.25) is 14.5 Å². The number of aryl methyl sites for hydroxylation is 2. The van der Waals surface area contributed by atoms with Gasteiger partial charge in [-0.25, -0.2) is 15.3 Å². The van der Waals surface area contributed by atoms with E-state index < -0.39 is 6.16 Å². The van der Waals surface area contributed by atoms with Gasteiger partial charge >= 0.3 is 6.16 Å². The van der Waals surface area contributed by atoms with Crippen molar-refractivity contribution in [3.05, 3.63) is 57.5 Å². The van der Waals surface area contributed by atoms with Gasteiger partial charge in [-0.1, -0.05) is 25.1 Å². The van der Waals surface area contributed by atoms with E-state index in [0.717, 1.165) is 29.5 Å². The summed E-state index contributed by atoms with van der Waals surface area (Å²) in [5, 5.41) is 1.81. The van der Waals surface area contributed by atoms with Crippen LogP contribution in [0.25, 0.3) is 11.1 Å². The molecule has 8 nitrogen and oxygen atoms in total. The largest absolute Gasteiger partial charge is 0.515 e. The molecule has 0 amide bonds. The molecule has 1 aromatic heterocycles. The zero-order valence-corrected chi connectivity index (χ0v) is 19.4. The molecule has 0 fully saturated rings. The summed E-state index contributed by atoms with van der Waals surface area (Å²) in [7, 11) is 0. The average molecular weight is 461 g/mol. The van der Waals surface area contributed by atoms with Crippen LogP contribution in [0.2, 0.25) is 0 Å². The molecule has 0 saturated carbocycles. The Morgan fingerprint density at radius 1 is 1.25 bits per heavy atom. The summed E-state index contributed by atoms with van der Waals surface area (Å²) in [5.41, 5.74) is 3.35. The number of allylic oxidation sites excluding steroid dienone is 2. The number of aromatic nitrogens is 2. The van der Waals surface area contributed by atoms with Crippen LogP contribution in [0.3, 0.4) is 0 Å². The van der Waals surface area contributed by atoms with Crippen molar-refractivity contribution in [3.63, 3.8) is 0 Å². The standard InChI is InChI=1S/C23H29ClN4O4/c1-5-16-13-18(26(25)14-17(24)6-2)12-15(4)19(16)20-21(29)27-10-8-9-11-28(27)22(20)32-23(30)31-7-3/h6,12-14H,2,5,7-11,25H2,1,3-4H3/b17-14+. The zero-order chi connectivity index (χ0) is 23.4. The van der Waals surface area contributed by atoms with Crippen LogP contribution in [-0.2, 0) is 24.2 Å². The number of fused-ring (bicyclic) bond motifs is 1. The van der Waals surface area contributed by atoms with E-state index in [0.29, 0.717) is 35.8 Å². The Kier molecular flexibility index (Phi) is 7.48. The Labute approximate surface area is 192 Å². The zero-order valence-electron chi connectivity index (χ0n) is 18.7. The van der Waals surface area contributed by atoms with Gasteiger partial charge in [0.1, 0.15) is 5.56 Å². The third-order valence-electron chi connectivity index (χ3n) is 5.41. The Morgan fingerprint density at radius 3 is 2.56 bits per heavy atom. The number of hydrazine groups is 1. The van der Waals surface area contributed by atoms with Crippen molar-refractivity contribution in [2.75, 3.05) is 11.6 Å². The predicted octanol–water partition coefficient (Wildman–Crippen LogP) is 4.46. The maximum absolute atomic E-state index is 13.4. The third-order valence-corrected chi connectivity index (χ3v) is 5.66. The Hall–Kier alpha value is -2.97. The van der Waals surface area contributed by atoms with Crippen LogP contribution in [0.4, 0.5) is 10.5 Å². The first kappa shape index (κ1) is 23.7. The van der Waals surface area contributed by atoms with Gasteiger partial charge in [0.05, 0.1) is 17.3 Å². The Bertz CT molecular complexity index is 1120. The summed E-state index contributed by atoms with van der Waals surface area (Å²) in [5.74, 6) is 6.38. The first-order valence-electron chi connectivity index (χ1n) is 10.7. The molecule has 2 aromatic rings. The van der Waals surface area contributed by atoms with E-state index >= 15 is 0 Å². The lowest BCUT2D eigenvalue weighted by Gasteiger charge is -2.20. The van der Waals surface area contributed by atoms with Crippen molar-refractivity contribution in [3.8, 4) is 17.0 Å². The lowest BCUT2D eigenvalue weighted by molar-refractivity contribution is 0.0990. The van der Waals surface area contributed by atoms with E-state index in [1.54, 1.807) is 22.5 Å². The summed E-state index contributed by atoms with van der Waals surface area (Å²) in [6, 6.07) is 3.77. The molecule has 0 saturated heterocycles. The summed E-state index contributed by atoms with van der Waals surface area (Å²) in [6.45, 7) is 10.6. The normalized spacial score (nSPS) is 13.5. The minimum absolute atomic E-state index is 0.181. The van der Waals surface area contributed by atoms with E-state index in [1.165, 1.54) is 11.1 Å². The number of rotatable bonds is 7. The van der Waals surface area contributed by atoms with E-state index in [-0.39, 0.29) is 18.0 Å². The van der Waals surface area contributed by atoms with Gasteiger partial charge in [-0.2, -0.15) is 0 Å². The molecule has 0 aliphatic carbocycles. The SMILES string of the molecule is C=C/C(Cl)=C\N(N)c1cc(C)c(-c2c(OC(=O)OCC)n3n(c2=O)CCCC3)c(CC)c1. The average Bonchev–Trinajstić information content (AvgIpc) is 3.04. The fraction of sp³-hybridized carbons (Fsp3) is 0.391. The van der Waals surface area contributed by atoms with Crippen molar-refractivity contribution in [1.29, 1.82) is 0 Å². The Balaban J connectivity index is 2.21. The quantitative estimate of drug-likeness (QED) is 0.284. The maximum Gasteiger partial charge on any atom is 0.515 e. The molecule has 9 heteroatoms. The second-order valence-corrected chi connectivity index (χ2v) is 7.94. The molecule has 0 unspecified atom stereocenters. The number of nitrogens with zero attached hydrogens (tertiary/aromatic N) is 3. The monoisotopic (exact) mass is 460 g/mol. The number of carbonyl (C=O) groups is 1. The first-order valence-corrected chi connectivity index (χ1v) is 11.1. The molecule has 32 heavy (non-hydrogen) atoms. The van der Waals surface area contributed by atoms with Gasteiger partial charge in [0.25, 0.3) is 5.56 Å². The van der Waals surface area contributed by atoms with E-state index in [2.05, 4.69) is 6.58 Å². The fourth-order valence-corrected chi connectivity index (χ4v) is 4.07. The van der Waals surface area contributed by atoms with Gasteiger partial charge in [0, 0.05) is 19.3 Å². The molecular formula is C23H29ClN4O4. The molecule has 0 radical (unpaired) electrons. The highest BCUT2D eigenvalue weighted by atomic mass is 35.5. The number of halogens is 1. The minimum Gasteiger partial charge on any atom is -0.434 e. The van der Waals surface area contributed by atoms with Crippen LogP contribution in [0.1, 0.15) is 37.8 Å². The van der Waals surface area contributed by atoms with Gasteiger partial charge in [0.15, 0.2) is 0 Å². The molecule has 0 spiro atoms. The molecule has 172 valence electrons. The minimum atomic E-state index is -0.829. The second kappa shape index (κ2) is 10.1. The van der Waals surface area contributed by atoms with Crippen LogP contribution in [0.5, 0.6) is 5.88 Å². The number of benzene rings is 1. The predicted molar refractivity (Wildman–Crippen MR) is 126 cm³/mol. The molecular weight excluding hydrogens is 432 g/mol. The van der Waals surface area contributed by atoms with Gasteiger partial charge in [0.2, 0.25) is 5.88 Å². The number of hydrogen-bond donors (Lipinski definition) is 1. The molecule has 2 heterocycles. The van der Waals surface area contributed by atoms with Gasteiger partial charge in [-0.15, -0.1) is 0 Å². The summed E-state index contributed by atoms with van der Waals surface area (Å²) in [6.07, 6.45) is 4.65. The van der Waals surface area contributed by atoms with Gasteiger partial charge < -0.3 is 9.47 Å². The molecule has 1 aliphatic rings. The van der Waals surface area contributed by atoms with Crippen molar-refractivity contribution in [2.45, 2.75) is 53.1 Å². The van der Waals surface area contributed by atoms with Crippen LogP contribution in [0, 0.1) is 6.92 Å². The highest BCUT2D eigenvalue weighted by Crippen LogP contribution is 2.37. The van der Waals surface area contributed by atoms with Crippen LogP contribution in [-0.4, -0.2) is 22.1 Å². The number of carbonyl (C=O) groups excluding carboxylic acids is 1. The topological polar surface area (TPSA) is 91.7 Å². The lowest BCUT2D eigenvalue weighted by Crippen LogP contribution is -2.28. The van der Waals surface area contributed by atoms with Crippen molar-refractivity contribution in [2.24, 2.45) is 5.84 Å². The second-order valence-electron chi connectivity index (χ2n) is 7.50. The van der Waals surface area contributed by atoms with Crippen molar-refractivity contribution in [1.82, 2.24) is 9.36 Å².